The number of hydrogen-bond acceptors (Lipinski definition) is 2. The molecule has 1 unspecified atom stereocenters. The summed E-state index contributed by atoms with van der Waals surface area (Å²) in [6.45, 7) is 2.60. The monoisotopic (exact) mass is 391 g/mol. The smallest absolute Gasteiger partial charge is 0.172 e. The lowest BCUT2D eigenvalue weighted by molar-refractivity contribution is 0.0962. The van der Waals surface area contributed by atoms with Gasteiger partial charge in [-0.25, -0.2) is 0 Å². The van der Waals surface area contributed by atoms with Crippen LogP contribution in [0.2, 0.25) is 0 Å². The molecule has 0 radical (unpaired) electrons. The van der Waals surface area contributed by atoms with Crippen molar-refractivity contribution in [3.8, 4) is 0 Å². The van der Waals surface area contributed by atoms with Crippen molar-refractivity contribution in [1.82, 2.24) is 0 Å². The van der Waals surface area contributed by atoms with Crippen LogP contribution in [0.25, 0.3) is 0 Å². The molecule has 2 heteroatoms. The largest absolute Gasteiger partial charge is 0.340 e. The molecule has 0 heterocycles. The van der Waals surface area contributed by atoms with E-state index in [1.807, 2.05) is 97.9 Å². The molecule has 0 bridgehead atoms. The number of Topliss-reactive ketones (excluding diaryl/α,β-unsaturated/α-hetero) is 1. The van der Waals surface area contributed by atoms with Crippen LogP contribution in [0.3, 0.4) is 0 Å². The highest BCUT2D eigenvalue weighted by atomic mass is 16.1. The first-order valence-electron chi connectivity index (χ1n) is 10.3. The highest BCUT2D eigenvalue weighted by Crippen LogP contribution is 2.30. The minimum atomic E-state index is -0.283. The van der Waals surface area contributed by atoms with Crippen molar-refractivity contribution in [2.45, 2.75) is 12.8 Å². The van der Waals surface area contributed by atoms with Gasteiger partial charge in [-0.15, -0.1) is 0 Å². The van der Waals surface area contributed by atoms with Crippen molar-refractivity contribution in [1.29, 1.82) is 0 Å². The van der Waals surface area contributed by atoms with E-state index in [9.17, 15) is 4.79 Å². The van der Waals surface area contributed by atoms with E-state index in [0.29, 0.717) is 6.54 Å². The molecule has 0 spiro atoms. The van der Waals surface area contributed by atoms with Crippen molar-refractivity contribution in [3.05, 3.63) is 132 Å². The number of para-hydroxylation sites is 2. The normalized spacial score (nSPS) is 11.6. The molecule has 0 N–H and O–H groups in total. The summed E-state index contributed by atoms with van der Waals surface area (Å²) in [6, 6.07) is 38.5. The van der Waals surface area contributed by atoms with Gasteiger partial charge in [-0.1, -0.05) is 96.6 Å². The van der Waals surface area contributed by atoms with Crippen molar-refractivity contribution in [2.75, 3.05) is 11.4 Å². The van der Waals surface area contributed by atoms with Gasteiger partial charge >= 0.3 is 0 Å². The summed E-state index contributed by atoms with van der Waals surface area (Å²) in [6.07, 6.45) is 0. The van der Waals surface area contributed by atoms with Crippen molar-refractivity contribution in [3.63, 3.8) is 0 Å². The van der Waals surface area contributed by atoms with Gasteiger partial charge in [0.15, 0.2) is 5.78 Å². The van der Waals surface area contributed by atoms with E-state index >= 15 is 0 Å². The molecule has 0 saturated carbocycles. The van der Waals surface area contributed by atoms with Crippen LogP contribution in [0.1, 0.15) is 27.4 Å². The van der Waals surface area contributed by atoms with Crippen molar-refractivity contribution in [2.24, 2.45) is 0 Å². The quantitative estimate of drug-likeness (QED) is 0.323. The first-order valence-corrected chi connectivity index (χ1v) is 10.3. The van der Waals surface area contributed by atoms with E-state index in [0.717, 1.165) is 28.1 Å². The number of rotatable bonds is 7. The fourth-order valence-corrected chi connectivity index (χ4v) is 3.70. The fraction of sp³-hybridized carbons (Fsp3) is 0.107. The van der Waals surface area contributed by atoms with Gasteiger partial charge in [-0.05, 0) is 36.8 Å². The van der Waals surface area contributed by atoms with Gasteiger partial charge < -0.3 is 4.90 Å². The summed E-state index contributed by atoms with van der Waals surface area (Å²) < 4.78 is 0. The predicted molar refractivity (Wildman–Crippen MR) is 125 cm³/mol. The number of carbonyl (C=O) groups excluding carboxylic acids is 1. The Balaban J connectivity index is 1.75. The Labute approximate surface area is 178 Å². The van der Waals surface area contributed by atoms with Gasteiger partial charge in [0, 0.05) is 23.5 Å². The molecular weight excluding hydrogens is 366 g/mol. The molecule has 2 nitrogen and oxygen atoms in total. The van der Waals surface area contributed by atoms with Crippen LogP contribution in [0.4, 0.5) is 11.4 Å². The van der Waals surface area contributed by atoms with Crippen LogP contribution in [-0.4, -0.2) is 12.3 Å². The molecule has 1 atom stereocenters. The van der Waals surface area contributed by atoms with Crippen LogP contribution >= 0.6 is 0 Å². The summed E-state index contributed by atoms with van der Waals surface area (Å²) in [5.74, 6) is -0.146. The third-order valence-electron chi connectivity index (χ3n) is 5.36. The van der Waals surface area contributed by atoms with E-state index in [1.165, 1.54) is 0 Å². The molecule has 4 rings (SSSR count). The van der Waals surface area contributed by atoms with E-state index in [2.05, 4.69) is 29.2 Å². The van der Waals surface area contributed by atoms with Crippen molar-refractivity contribution < 1.29 is 4.79 Å². The molecule has 0 saturated heterocycles. The highest BCUT2D eigenvalue weighted by Gasteiger charge is 2.25. The van der Waals surface area contributed by atoms with Crippen LogP contribution < -0.4 is 4.90 Å². The maximum atomic E-state index is 13.6. The minimum Gasteiger partial charge on any atom is -0.340 e. The number of hydrogen-bond donors (Lipinski definition) is 0. The van der Waals surface area contributed by atoms with Gasteiger partial charge in [-0.2, -0.15) is 0 Å². The molecule has 4 aromatic rings. The molecule has 0 aliphatic carbocycles. The number of anilines is 2. The molecule has 0 amide bonds. The second-order valence-corrected chi connectivity index (χ2v) is 7.48. The van der Waals surface area contributed by atoms with Crippen LogP contribution in [0, 0.1) is 6.92 Å². The Morgan fingerprint density at radius 1 is 0.667 bits per heavy atom. The molecule has 30 heavy (non-hydrogen) atoms. The lowest BCUT2D eigenvalue weighted by Crippen LogP contribution is -2.29. The minimum absolute atomic E-state index is 0.137. The third-order valence-corrected chi connectivity index (χ3v) is 5.36. The number of aryl methyl sites for hydroxylation is 1. The zero-order valence-electron chi connectivity index (χ0n) is 17.1. The molecule has 4 aromatic carbocycles. The number of nitrogens with zero attached hydrogens (tertiary/aromatic N) is 1. The zero-order valence-corrected chi connectivity index (χ0v) is 17.1. The number of ketones is 1. The second-order valence-electron chi connectivity index (χ2n) is 7.48. The van der Waals surface area contributed by atoms with Crippen LogP contribution in [0.15, 0.2) is 115 Å². The maximum Gasteiger partial charge on any atom is 0.172 e. The summed E-state index contributed by atoms with van der Waals surface area (Å²) in [4.78, 5) is 15.9. The molecule has 0 aliphatic rings. The predicted octanol–water partition coefficient (Wildman–Crippen LogP) is 6.80. The second kappa shape index (κ2) is 9.23. The Morgan fingerprint density at radius 3 is 1.63 bits per heavy atom. The first kappa shape index (κ1) is 19.7. The average molecular weight is 392 g/mol. The fourth-order valence-electron chi connectivity index (χ4n) is 3.70. The third kappa shape index (κ3) is 4.49. The van der Waals surface area contributed by atoms with Gasteiger partial charge in [0.05, 0.1) is 5.92 Å². The van der Waals surface area contributed by atoms with Gasteiger partial charge in [0.2, 0.25) is 0 Å². The van der Waals surface area contributed by atoms with E-state index < -0.39 is 0 Å². The summed E-state index contributed by atoms with van der Waals surface area (Å²) in [5.41, 5.74) is 5.07. The summed E-state index contributed by atoms with van der Waals surface area (Å²) in [7, 11) is 0. The Hall–Kier alpha value is -3.65. The summed E-state index contributed by atoms with van der Waals surface area (Å²) in [5, 5.41) is 0. The van der Waals surface area contributed by atoms with Crippen LogP contribution in [-0.2, 0) is 0 Å². The first-order chi connectivity index (χ1) is 14.7. The number of carbonyl (C=O) groups is 1. The SMILES string of the molecule is Cc1ccc(C(=O)C(CN(c2ccccc2)c2ccccc2)c2ccccc2)cc1. The van der Waals surface area contributed by atoms with Gasteiger partial charge in [0.25, 0.3) is 0 Å². The van der Waals surface area contributed by atoms with Crippen LogP contribution in [0.5, 0.6) is 0 Å². The molecule has 0 aliphatic heterocycles. The molecular formula is C28H25NO. The molecule has 0 fully saturated rings. The Bertz CT molecular complexity index is 1030. The Kier molecular flexibility index (Phi) is 6.05. The topological polar surface area (TPSA) is 20.3 Å². The lowest BCUT2D eigenvalue weighted by Gasteiger charge is -2.29. The highest BCUT2D eigenvalue weighted by molar-refractivity contribution is 6.01. The average Bonchev–Trinajstić information content (AvgIpc) is 2.81. The molecule has 0 aromatic heterocycles. The summed E-state index contributed by atoms with van der Waals surface area (Å²) >= 11 is 0. The van der Waals surface area contributed by atoms with Gasteiger partial charge in [0.1, 0.15) is 0 Å². The van der Waals surface area contributed by atoms with E-state index in [-0.39, 0.29) is 11.7 Å². The standard InChI is InChI=1S/C28H25NO/c1-22-17-19-24(20-18-22)28(30)27(23-11-5-2-6-12-23)21-29(25-13-7-3-8-14-25)26-15-9-4-10-16-26/h2-20,27H,21H2,1H3. The van der Waals surface area contributed by atoms with Gasteiger partial charge in [-0.3, -0.25) is 4.79 Å². The molecule has 148 valence electrons. The van der Waals surface area contributed by atoms with Crippen molar-refractivity contribution >= 4 is 17.2 Å². The maximum absolute atomic E-state index is 13.6. The van der Waals surface area contributed by atoms with E-state index in [4.69, 9.17) is 0 Å². The Morgan fingerprint density at radius 2 is 1.13 bits per heavy atom. The lowest BCUT2D eigenvalue weighted by atomic mass is 9.89. The number of benzene rings is 4. The van der Waals surface area contributed by atoms with E-state index in [1.54, 1.807) is 0 Å². The zero-order chi connectivity index (χ0) is 20.8.